The lowest BCUT2D eigenvalue weighted by atomic mass is 9.90. The predicted octanol–water partition coefficient (Wildman–Crippen LogP) is 4.44. The van der Waals surface area contributed by atoms with Crippen LogP contribution in [-0.4, -0.2) is 17.4 Å². The number of carbonyl (C=O) groups is 1. The van der Waals surface area contributed by atoms with Gasteiger partial charge in [-0.2, -0.15) is 13.2 Å². The molecule has 0 unspecified atom stereocenters. The Kier molecular flexibility index (Phi) is 4.18. The highest BCUT2D eigenvalue weighted by Crippen LogP contribution is 2.34. The minimum absolute atomic E-state index is 0.111. The lowest BCUT2D eigenvalue weighted by molar-refractivity contribution is -0.137. The number of amides is 1. The van der Waals surface area contributed by atoms with Gasteiger partial charge in [-0.1, -0.05) is 36.9 Å². The molecule has 0 atom stereocenters. The summed E-state index contributed by atoms with van der Waals surface area (Å²) in [5.41, 5.74) is 3.13. The van der Waals surface area contributed by atoms with Crippen molar-refractivity contribution in [3.63, 3.8) is 0 Å². The Morgan fingerprint density at radius 2 is 1.83 bits per heavy atom. The number of halogens is 3. The predicted molar refractivity (Wildman–Crippen MR) is 86.2 cm³/mol. The fraction of sp³-hybridized carbons (Fsp3) is 0.211. The zero-order valence-electron chi connectivity index (χ0n) is 12.9. The zero-order valence-corrected chi connectivity index (χ0v) is 12.9. The van der Waals surface area contributed by atoms with Crippen molar-refractivity contribution in [2.45, 2.75) is 19.1 Å². The van der Waals surface area contributed by atoms with Crippen LogP contribution in [0.25, 0.3) is 11.1 Å². The molecule has 0 saturated heterocycles. The molecule has 2 nitrogen and oxygen atoms in total. The van der Waals surface area contributed by atoms with Crippen LogP contribution < -0.4 is 0 Å². The van der Waals surface area contributed by atoms with E-state index in [1.165, 1.54) is 18.2 Å². The summed E-state index contributed by atoms with van der Waals surface area (Å²) in [6, 6.07) is 10.9. The number of carbonyl (C=O) groups excluding carboxylic acids is 1. The number of hydrogen-bond acceptors (Lipinski definition) is 1. The molecule has 124 valence electrons. The van der Waals surface area contributed by atoms with Gasteiger partial charge in [0.05, 0.1) is 5.56 Å². The first-order chi connectivity index (χ1) is 11.4. The van der Waals surface area contributed by atoms with E-state index in [9.17, 15) is 18.0 Å². The second-order valence-corrected chi connectivity index (χ2v) is 5.73. The summed E-state index contributed by atoms with van der Waals surface area (Å²) in [5.74, 6) is -0.111. The van der Waals surface area contributed by atoms with Crippen LogP contribution in [0.3, 0.4) is 0 Å². The first-order valence-electron chi connectivity index (χ1n) is 7.60. The number of fused-ring (bicyclic) bond motifs is 1. The van der Waals surface area contributed by atoms with Crippen LogP contribution in [0.4, 0.5) is 13.2 Å². The van der Waals surface area contributed by atoms with Crippen LogP contribution in [0.15, 0.2) is 55.1 Å². The molecule has 0 spiro atoms. The largest absolute Gasteiger partial charge is 0.416 e. The molecule has 0 aliphatic carbocycles. The van der Waals surface area contributed by atoms with Crippen molar-refractivity contribution < 1.29 is 18.0 Å². The molecule has 2 aromatic carbocycles. The number of nitrogens with zero attached hydrogens (tertiary/aromatic N) is 1. The Labute approximate surface area is 138 Å². The summed E-state index contributed by atoms with van der Waals surface area (Å²) in [7, 11) is 0. The smallest absolute Gasteiger partial charge is 0.335 e. The Morgan fingerprint density at radius 1 is 1.12 bits per heavy atom. The molecular formula is C19H16F3NO. The van der Waals surface area contributed by atoms with Gasteiger partial charge in [-0.05, 0) is 46.9 Å². The molecule has 0 N–H and O–H groups in total. The third-order valence-electron chi connectivity index (χ3n) is 4.28. The van der Waals surface area contributed by atoms with E-state index in [-0.39, 0.29) is 5.91 Å². The lowest BCUT2D eigenvalue weighted by Crippen LogP contribution is -2.34. The van der Waals surface area contributed by atoms with Gasteiger partial charge in [0.25, 0.3) is 0 Å². The Hall–Kier alpha value is -2.56. The van der Waals surface area contributed by atoms with E-state index >= 15 is 0 Å². The van der Waals surface area contributed by atoms with E-state index in [2.05, 4.69) is 6.58 Å². The molecule has 1 aliphatic rings. The average Bonchev–Trinajstić information content (AvgIpc) is 2.59. The zero-order chi connectivity index (χ0) is 17.3. The monoisotopic (exact) mass is 331 g/mol. The van der Waals surface area contributed by atoms with Crippen molar-refractivity contribution >= 4 is 5.91 Å². The van der Waals surface area contributed by atoms with E-state index in [0.29, 0.717) is 19.5 Å². The average molecular weight is 331 g/mol. The van der Waals surface area contributed by atoms with Gasteiger partial charge in [0.2, 0.25) is 5.91 Å². The SMILES string of the molecule is C=CC(=O)N1CCc2c(cccc2-c2ccc(C(F)(F)F)cc2)C1. The Balaban J connectivity index is 1.94. The fourth-order valence-corrected chi connectivity index (χ4v) is 3.04. The molecule has 24 heavy (non-hydrogen) atoms. The van der Waals surface area contributed by atoms with E-state index < -0.39 is 11.7 Å². The molecule has 1 heterocycles. The fourth-order valence-electron chi connectivity index (χ4n) is 3.04. The summed E-state index contributed by atoms with van der Waals surface area (Å²) in [6.07, 6.45) is -2.36. The molecule has 3 rings (SSSR count). The third-order valence-corrected chi connectivity index (χ3v) is 4.28. The van der Waals surface area contributed by atoms with Gasteiger partial charge < -0.3 is 4.90 Å². The van der Waals surface area contributed by atoms with Crippen LogP contribution >= 0.6 is 0 Å². The van der Waals surface area contributed by atoms with Gasteiger partial charge in [0, 0.05) is 13.1 Å². The van der Waals surface area contributed by atoms with Crippen LogP contribution in [-0.2, 0) is 23.9 Å². The highest BCUT2D eigenvalue weighted by atomic mass is 19.4. The summed E-state index contributed by atoms with van der Waals surface area (Å²) >= 11 is 0. The maximum absolute atomic E-state index is 12.7. The second-order valence-electron chi connectivity index (χ2n) is 5.73. The quantitative estimate of drug-likeness (QED) is 0.745. The van der Waals surface area contributed by atoms with Crippen LogP contribution in [0, 0.1) is 0 Å². The van der Waals surface area contributed by atoms with E-state index in [1.54, 1.807) is 4.90 Å². The molecule has 1 amide bonds. The first-order valence-corrected chi connectivity index (χ1v) is 7.60. The normalized spacial score (nSPS) is 14.2. The molecule has 0 radical (unpaired) electrons. The number of alkyl halides is 3. The summed E-state index contributed by atoms with van der Waals surface area (Å²) in [4.78, 5) is 13.5. The van der Waals surface area contributed by atoms with Crippen molar-refractivity contribution in [2.75, 3.05) is 6.54 Å². The molecule has 0 bridgehead atoms. The van der Waals surface area contributed by atoms with Crippen molar-refractivity contribution in [1.82, 2.24) is 4.90 Å². The Bertz CT molecular complexity index is 778. The van der Waals surface area contributed by atoms with Crippen molar-refractivity contribution in [3.05, 3.63) is 71.8 Å². The molecule has 1 aliphatic heterocycles. The number of benzene rings is 2. The van der Waals surface area contributed by atoms with Gasteiger partial charge in [0.15, 0.2) is 0 Å². The maximum Gasteiger partial charge on any atom is 0.416 e. The van der Waals surface area contributed by atoms with Crippen molar-refractivity contribution in [2.24, 2.45) is 0 Å². The van der Waals surface area contributed by atoms with Gasteiger partial charge in [0.1, 0.15) is 0 Å². The summed E-state index contributed by atoms with van der Waals surface area (Å²) in [6.45, 7) is 4.58. The highest BCUT2D eigenvalue weighted by Gasteiger charge is 2.30. The van der Waals surface area contributed by atoms with Gasteiger partial charge >= 0.3 is 6.18 Å². The van der Waals surface area contributed by atoms with Gasteiger partial charge in [-0.3, -0.25) is 4.79 Å². The standard InChI is InChI=1S/C19H16F3NO/c1-2-18(24)23-11-10-17-14(12-23)4-3-5-16(17)13-6-8-15(9-7-13)19(20,21)22/h2-9H,1,10-12H2. The highest BCUT2D eigenvalue weighted by molar-refractivity contribution is 5.87. The van der Waals surface area contributed by atoms with Gasteiger partial charge in [-0.15, -0.1) is 0 Å². The van der Waals surface area contributed by atoms with E-state index in [1.807, 2.05) is 18.2 Å². The molecular weight excluding hydrogens is 315 g/mol. The van der Waals surface area contributed by atoms with Crippen LogP contribution in [0.1, 0.15) is 16.7 Å². The van der Waals surface area contributed by atoms with Crippen LogP contribution in [0.2, 0.25) is 0 Å². The van der Waals surface area contributed by atoms with Crippen molar-refractivity contribution in [1.29, 1.82) is 0 Å². The summed E-state index contributed by atoms with van der Waals surface area (Å²) < 4.78 is 38.1. The summed E-state index contributed by atoms with van der Waals surface area (Å²) in [5, 5.41) is 0. The molecule has 0 saturated carbocycles. The maximum atomic E-state index is 12.7. The molecule has 2 aromatic rings. The number of hydrogen-bond donors (Lipinski definition) is 0. The third kappa shape index (κ3) is 3.07. The van der Waals surface area contributed by atoms with Gasteiger partial charge in [-0.25, -0.2) is 0 Å². The molecule has 5 heteroatoms. The topological polar surface area (TPSA) is 20.3 Å². The van der Waals surface area contributed by atoms with E-state index in [0.717, 1.165) is 34.4 Å². The lowest BCUT2D eigenvalue weighted by Gasteiger charge is -2.29. The van der Waals surface area contributed by atoms with Crippen molar-refractivity contribution in [3.8, 4) is 11.1 Å². The molecule has 0 aromatic heterocycles. The Morgan fingerprint density at radius 3 is 2.46 bits per heavy atom. The molecule has 0 fully saturated rings. The van der Waals surface area contributed by atoms with Crippen LogP contribution in [0.5, 0.6) is 0 Å². The number of rotatable bonds is 2. The van der Waals surface area contributed by atoms with E-state index in [4.69, 9.17) is 0 Å². The minimum Gasteiger partial charge on any atom is -0.335 e. The first kappa shape index (κ1) is 16.3. The second kappa shape index (κ2) is 6.15. The minimum atomic E-state index is -4.33.